The topological polar surface area (TPSA) is 58.2 Å². The highest BCUT2D eigenvalue weighted by Gasteiger charge is 2.16. The van der Waals surface area contributed by atoms with E-state index >= 15 is 0 Å². The van der Waals surface area contributed by atoms with Crippen LogP contribution in [0.25, 0.3) is 0 Å². The number of carbonyl (C=O) groups excluding carboxylic acids is 2. The normalized spacial score (nSPS) is 9.78. The molecule has 2 aromatic rings. The first-order valence-corrected chi connectivity index (χ1v) is 6.98. The lowest BCUT2D eigenvalue weighted by atomic mass is 10.1. The van der Waals surface area contributed by atoms with Gasteiger partial charge in [-0.05, 0) is 30.3 Å². The SMILES string of the molecule is C#CCNC(=O)c1ccccc1NC(=O)c1cc(Cl)ccc1F. The largest absolute Gasteiger partial charge is 0.341 e. The van der Waals surface area contributed by atoms with Gasteiger partial charge in [-0.2, -0.15) is 0 Å². The summed E-state index contributed by atoms with van der Waals surface area (Å²) in [6, 6.07) is 9.99. The Morgan fingerprint density at radius 2 is 1.87 bits per heavy atom. The fourth-order valence-electron chi connectivity index (χ4n) is 1.88. The molecule has 4 nitrogen and oxygen atoms in total. The summed E-state index contributed by atoms with van der Waals surface area (Å²) in [7, 11) is 0. The summed E-state index contributed by atoms with van der Waals surface area (Å²) < 4.78 is 13.7. The van der Waals surface area contributed by atoms with E-state index in [1.54, 1.807) is 12.1 Å². The molecule has 0 bridgehead atoms. The predicted molar refractivity (Wildman–Crippen MR) is 87.0 cm³/mol. The molecule has 0 radical (unpaired) electrons. The van der Waals surface area contributed by atoms with E-state index in [0.717, 1.165) is 6.07 Å². The Balaban J connectivity index is 2.26. The Bertz CT molecular complexity index is 799. The number of halogens is 2. The number of nitrogens with one attached hydrogen (secondary N) is 2. The maximum Gasteiger partial charge on any atom is 0.258 e. The average Bonchev–Trinajstić information content (AvgIpc) is 2.55. The van der Waals surface area contributed by atoms with Crippen molar-refractivity contribution < 1.29 is 14.0 Å². The molecule has 0 atom stereocenters. The average molecular weight is 331 g/mol. The van der Waals surface area contributed by atoms with Crippen LogP contribution in [0.4, 0.5) is 10.1 Å². The van der Waals surface area contributed by atoms with Crippen LogP contribution in [0.2, 0.25) is 5.02 Å². The fraction of sp³-hybridized carbons (Fsp3) is 0.0588. The zero-order valence-corrected chi connectivity index (χ0v) is 12.7. The number of amides is 2. The van der Waals surface area contributed by atoms with Gasteiger partial charge in [-0.25, -0.2) is 4.39 Å². The van der Waals surface area contributed by atoms with Crippen LogP contribution in [0.15, 0.2) is 42.5 Å². The van der Waals surface area contributed by atoms with Crippen LogP contribution in [0.3, 0.4) is 0 Å². The quantitative estimate of drug-likeness (QED) is 0.846. The van der Waals surface area contributed by atoms with Crippen molar-refractivity contribution in [3.05, 3.63) is 64.4 Å². The van der Waals surface area contributed by atoms with Crippen LogP contribution < -0.4 is 10.6 Å². The van der Waals surface area contributed by atoms with Crippen molar-refractivity contribution >= 4 is 29.1 Å². The molecule has 0 fully saturated rings. The summed E-state index contributed by atoms with van der Waals surface area (Å²) in [5, 5.41) is 5.24. The second kappa shape index (κ2) is 7.43. The third-order valence-corrected chi connectivity index (χ3v) is 3.18. The van der Waals surface area contributed by atoms with Crippen LogP contribution in [-0.2, 0) is 0 Å². The van der Waals surface area contributed by atoms with Crippen LogP contribution in [0.5, 0.6) is 0 Å². The Labute approximate surface area is 137 Å². The smallest absolute Gasteiger partial charge is 0.258 e. The lowest BCUT2D eigenvalue weighted by molar-refractivity contribution is 0.0959. The molecule has 116 valence electrons. The van der Waals surface area contributed by atoms with Gasteiger partial charge < -0.3 is 10.6 Å². The number of terminal acetylenes is 1. The minimum absolute atomic E-state index is 0.0596. The molecule has 0 heterocycles. The summed E-state index contributed by atoms with van der Waals surface area (Å²) in [4.78, 5) is 24.2. The molecule has 6 heteroatoms. The minimum Gasteiger partial charge on any atom is -0.341 e. The van der Waals surface area contributed by atoms with Gasteiger partial charge in [-0.15, -0.1) is 6.42 Å². The number of benzene rings is 2. The molecule has 0 aliphatic heterocycles. The highest BCUT2D eigenvalue weighted by atomic mass is 35.5. The van der Waals surface area contributed by atoms with Gasteiger partial charge in [0.15, 0.2) is 0 Å². The first-order valence-electron chi connectivity index (χ1n) is 6.60. The third kappa shape index (κ3) is 4.09. The summed E-state index contributed by atoms with van der Waals surface area (Å²) >= 11 is 5.77. The monoisotopic (exact) mass is 330 g/mol. The van der Waals surface area contributed by atoms with E-state index in [2.05, 4.69) is 16.6 Å². The molecular formula is C17H12ClFN2O2. The van der Waals surface area contributed by atoms with Crippen LogP contribution >= 0.6 is 11.6 Å². The Kier molecular flexibility index (Phi) is 5.34. The molecule has 23 heavy (non-hydrogen) atoms. The van der Waals surface area contributed by atoms with E-state index in [-0.39, 0.29) is 28.4 Å². The molecule has 0 aliphatic carbocycles. The maximum absolute atomic E-state index is 13.7. The zero-order chi connectivity index (χ0) is 16.8. The third-order valence-electron chi connectivity index (χ3n) is 2.94. The molecule has 2 aromatic carbocycles. The van der Waals surface area contributed by atoms with Gasteiger partial charge in [0.05, 0.1) is 23.4 Å². The Morgan fingerprint density at radius 3 is 2.61 bits per heavy atom. The summed E-state index contributed by atoms with van der Waals surface area (Å²) in [5.41, 5.74) is 0.251. The van der Waals surface area contributed by atoms with E-state index in [1.807, 2.05) is 0 Å². The number of hydrogen-bond acceptors (Lipinski definition) is 2. The number of anilines is 1. The maximum atomic E-state index is 13.7. The van der Waals surface area contributed by atoms with Crippen molar-refractivity contribution in [3.63, 3.8) is 0 Å². The fourth-order valence-corrected chi connectivity index (χ4v) is 2.05. The van der Waals surface area contributed by atoms with Crippen molar-refractivity contribution in [3.8, 4) is 12.3 Å². The van der Waals surface area contributed by atoms with Crippen molar-refractivity contribution in [1.82, 2.24) is 5.32 Å². The molecule has 2 amide bonds. The Hall–Kier alpha value is -2.84. The molecular weight excluding hydrogens is 319 g/mol. The first-order chi connectivity index (χ1) is 11.0. The van der Waals surface area contributed by atoms with E-state index in [9.17, 15) is 14.0 Å². The van der Waals surface area contributed by atoms with E-state index in [0.29, 0.717) is 0 Å². The van der Waals surface area contributed by atoms with Gasteiger partial charge in [0.2, 0.25) is 0 Å². The van der Waals surface area contributed by atoms with Gasteiger partial charge in [0.1, 0.15) is 5.82 Å². The molecule has 0 saturated carbocycles. The highest BCUT2D eigenvalue weighted by molar-refractivity contribution is 6.31. The summed E-state index contributed by atoms with van der Waals surface area (Å²) in [6.07, 6.45) is 5.09. The number of hydrogen-bond donors (Lipinski definition) is 2. The molecule has 0 spiro atoms. The van der Waals surface area contributed by atoms with E-state index in [4.69, 9.17) is 18.0 Å². The second-order valence-corrected chi connectivity index (χ2v) is 4.95. The zero-order valence-electron chi connectivity index (χ0n) is 11.9. The number of rotatable bonds is 4. The van der Waals surface area contributed by atoms with Crippen LogP contribution in [0, 0.1) is 18.2 Å². The molecule has 0 unspecified atom stereocenters. The summed E-state index contributed by atoms with van der Waals surface area (Å²) in [6.45, 7) is 0.0596. The highest BCUT2D eigenvalue weighted by Crippen LogP contribution is 2.19. The van der Waals surface area contributed by atoms with Crippen LogP contribution in [-0.4, -0.2) is 18.4 Å². The Morgan fingerprint density at radius 1 is 1.13 bits per heavy atom. The number of para-hydroxylation sites is 1. The van der Waals surface area contributed by atoms with E-state index < -0.39 is 17.6 Å². The van der Waals surface area contributed by atoms with Crippen molar-refractivity contribution in [2.75, 3.05) is 11.9 Å². The van der Waals surface area contributed by atoms with Gasteiger partial charge in [-0.1, -0.05) is 29.7 Å². The standard InChI is InChI=1S/C17H12ClFN2O2/c1-2-9-20-16(22)12-5-3-4-6-15(12)21-17(23)13-10-11(18)7-8-14(13)19/h1,3-8,10H,9H2,(H,20,22)(H,21,23). The predicted octanol–water partition coefficient (Wildman–Crippen LogP) is 3.09. The molecule has 2 rings (SSSR count). The second-order valence-electron chi connectivity index (χ2n) is 4.51. The molecule has 0 aromatic heterocycles. The molecule has 2 N–H and O–H groups in total. The van der Waals surface area contributed by atoms with Crippen molar-refractivity contribution in [1.29, 1.82) is 0 Å². The van der Waals surface area contributed by atoms with Gasteiger partial charge >= 0.3 is 0 Å². The first kappa shape index (κ1) is 16.5. The lowest BCUT2D eigenvalue weighted by Gasteiger charge is -2.11. The number of carbonyl (C=O) groups is 2. The van der Waals surface area contributed by atoms with Crippen molar-refractivity contribution in [2.45, 2.75) is 0 Å². The van der Waals surface area contributed by atoms with Gasteiger partial charge in [0.25, 0.3) is 11.8 Å². The molecule has 0 saturated heterocycles. The molecule has 0 aliphatic rings. The minimum atomic E-state index is -0.707. The van der Waals surface area contributed by atoms with Crippen molar-refractivity contribution in [2.24, 2.45) is 0 Å². The lowest BCUT2D eigenvalue weighted by Crippen LogP contribution is -2.25. The van der Waals surface area contributed by atoms with Gasteiger partial charge in [0, 0.05) is 5.02 Å². The van der Waals surface area contributed by atoms with Gasteiger partial charge in [-0.3, -0.25) is 9.59 Å². The van der Waals surface area contributed by atoms with E-state index in [1.165, 1.54) is 24.3 Å². The summed E-state index contributed by atoms with van der Waals surface area (Å²) in [5.74, 6) is 0.432. The van der Waals surface area contributed by atoms with Crippen LogP contribution in [0.1, 0.15) is 20.7 Å².